The van der Waals surface area contributed by atoms with Gasteiger partial charge in [-0.25, -0.2) is 5.48 Å². The summed E-state index contributed by atoms with van der Waals surface area (Å²) >= 11 is 0. The fourth-order valence-electron chi connectivity index (χ4n) is 1.26. The van der Waals surface area contributed by atoms with Crippen molar-refractivity contribution in [2.45, 2.75) is 12.8 Å². The van der Waals surface area contributed by atoms with Crippen molar-refractivity contribution in [2.75, 3.05) is 19.7 Å². The second-order valence-corrected chi connectivity index (χ2v) is 3.20. The molecule has 0 unspecified atom stereocenters. The van der Waals surface area contributed by atoms with Gasteiger partial charge in [-0.3, -0.25) is 19.2 Å². The zero-order valence-corrected chi connectivity index (χ0v) is 8.19. The Balaban J connectivity index is 2.18. The molecule has 0 saturated carbocycles. The van der Waals surface area contributed by atoms with Gasteiger partial charge in [0.2, 0.25) is 11.8 Å². The lowest BCUT2D eigenvalue weighted by atomic mass is 10.4. The summed E-state index contributed by atoms with van der Waals surface area (Å²) in [4.78, 5) is 38.4. The van der Waals surface area contributed by atoms with E-state index in [0.717, 1.165) is 6.42 Å². The van der Waals surface area contributed by atoms with E-state index in [9.17, 15) is 14.4 Å². The van der Waals surface area contributed by atoms with Crippen LogP contribution in [0.4, 0.5) is 0 Å². The number of carbonyl (C=O) groups is 3. The van der Waals surface area contributed by atoms with Crippen molar-refractivity contribution >= 4 is 17.7 Å². The summed E-state index contributed by atoms with van der Waals surface area (Å²) in [5.74, 6) is -1.18. The monoisotopic (exact) mass is 215 g/mol. The zero-order chi connectivity index (χ0) is 11.3. The molecule has 1 saturated heterocycles. The Morgan fingerprint density at radius 3 is 2.80 bits per heavy atom. The van der Waals surface area contributed by atoms with Gasteiger partial charge in [0.1, 0.15) is 6.54 Å². The summed E-state index contributed by atoms with van der Waals surface area (Å²) in [6, 6.07) is 0. The third kappa shape index (κ3) is 3.94. The Hall–Kier alpha value is -1.63. The molecule has 1 aliphatic heterocycles. The molecule has 3 N–H and O–H groups in total. The number of carbonyl (C=O) groups excluding carboxylic acids is 3. The average Bonchev–Trinajstić information content (AvgIpc) is 2.51. The predicted molar refractivity (Wildman–Crippen MR) is 49.1 cm³/mol. The lowest BCUT2D eigenvalue weighted by Gasteiger charge is -2.14. The maximum absolute atomic E-state index is 11.1. The third-order valence-corrected chi connectivity index (χ3v) is 1.91. The molecule has 0 aromatic heterocycles. The first-order chi connectivity index (χ1) is 7.09. The van der Waals surface area contributed by atoms with Gasteiger partial charge in [0.05, 0.1) is 0 Å². The van der Waals surface area contributed by atoms with E-state index >= 15 is 0 Å². The number of hydrogen-bond acceptors (Lipinski definition) is 4. The maximum atomic E-state index is 11.1. The van der Waals surface area contributed by atoms with E-state index in [0.29, 0.717) is 13.0 Å². The molecule has 3 amide bonds. The van der Waals surface area contributed by atoms with Gasteiger partial charge in [0.25, 0.3) is 5.91 Å². The van der Waals surface area contributed by atoms with Gasteiger partial charge >= 0.3 is 0 Å². The van der Waals surface area contributed by atoms with Crippen LogP contribution in [0.3, 0.4) is 0 Å². The quantitative estimate of drug-likeness (QED) is 0.525. The Kier molecular flexibility index (Phi) is 4.04. The molecule has 84 valence electrons. The molecule has 0 atom stereocenters. The van der Waals surface area contributed by atoms with Gasteiger partial charge < -0.3 is 10.6 Å². The number of likely N-dealkylation sites (tertiary alicyclic amines) is 1. The van der Waals surface area contributed by atoms with E-state index < -0.39 is 11.8 Å². The molecule has 0 aromatic rings. The summed E-state index contributed by atoms with van der Waals surface area (Å²) in [6.07, 6.45) is 1.25. The van der Waals surface area contributed by atoms with Crippen molar-refractivity contribution in [1.29, 1.82) is 0 Å². The molecule has 0 bridgehead atoms. The summed E-state index contributed by atoms with van der Waals surface area (Å²) in [5, 5.41) is 0. The Morgan fingerprint density at radius 1 is 1.53 bits per heavy atom. The predicted octanol–water partition coefficient (Wildman–Crippen LogP) is -1.86. The van der Waals surface area contributed by atoms with Gasteiger partial charge in [-0.15, -0.1) is 0 Å². The SMILES string of the molecule is NC(=O)CONC(=O)CN1CCCC1=O. The number of hydroxylamine groups is 1. The van der Waals surface area contributed by atoms with E-state index in [1.165, 1.54) is 4.90 Å². The summed E-state index contributed by atoms with van der Waals surface area (Å²) in [5.41, 5.74) is 6.81. The van der Waals surface area contributed by atoms with Crippen LogP contribution in [0.15, 0.2) is 0 Å². The van der Waals surface area contributed by atoms with Crippen LogP contribution in [0.2, 0.25) is 0 Å². The number of nitrogens with zero attached hydrogens (tertiary/aromatic N) is 1. The molecule has 1 heterocycles. The molecular formula is C8H13N3O4. The van der Waals surface area contributed by atoms with Gasteiger partial charge in [0.15, 0.2) is 6.61 Å². The van der Waals surface area contributed by atoms with Crippen molar-refractivity contribution in [3.63, 3.8) is 0 Å². The van der Waals surface area contributed by atoms with Gasteiger partial charge in [0, 0.05) is 13.0 Å². The van der Waals surface area contributed by atoms with Crippen LogP contribution >= 0.6 is 0 Å². The van der Waals surface area contributed by atoms with E-state index in [1.54, 1.807) is 0 Å². The van der Waals surface area contributed by atoms with E-state index in [-0.39, 0.29) is 19.1 Å². The minimum atomic E-state index is -0.674. The molecule has 15 heavy (non-hydrogen) atoms. The van der Waals surface area contributed by atoms with E-state index in [4.69, 9.17) is 5.73 Å². The lowest BCUT2D eigenvalue weighted by Crippen LogP contribution is -2.39. The summed E-state index contributed by atoms with van der Waals surface area (Å²) in [7, 11) is 0. The number of nitrogens with two attached hydrogens (primary N) is 1. The van der Waals surface area contributed by atoms with E-state index in [2.05, 4.69) is 4.84 Å². The Bertz CT molecular complexity index is 279. The first-order valence-corrected chi connectivity index (χ1v) is 4.56. The highest BCUT2D eigenvalue weighted by atomic mass is 16.7. The van der Waals surface area contributed by atoms with E-state index in [1.807, 2.05) is 5.48 Å². The number of hydrogen-bond donors (Lipinski definition) is 2. The van der Waals surface area contributed by atoms with Crippen LogP contribution < -0.4 is 11.2 Å². The highest BCUT2D eigenvalue weighted by Crippen LogP contribution is 2.08. The van der Waals surface area contributed by atoms with Gasteiger partial charge in [-0.05, 0) is 6.42 Å². The molecule has 1 fully saturated rings. The van der Waals surface area contributed by atoms with Crippen molar-refractivity contribution in [2.24, 2.45) is 5.73 Å². The zero-order valence-electron chi connectivity index (χ0n) is 8.19. The number of rotatable bonds is 5. The molecule has 7 nitrogen and oxygen atoms in total. The minimum absolute atomic E-state index is 0.0416. The Labute approximate surface area is 86.5 Å². The van der Waals surface area contributed by atoms with Gasteiger partial charge in [-0.2, -0.15) is 0 Å². The van der Waals surface area contributed by atoms with Crippen LogP contribution in [0.25, 0.3) is 0 Å². The smallest absolute Gasteiger partial charge is 0.263 e. The van der Waals surface area contributed by atoms with Crippen LogP contribution in [-0.2, 0) is 19.2 Å². The van der Waals surface area contributed by atoms with Crippen LogP contribution in [-0.4, -0.2) is 42.3 Å². The maximum Gasteiger partial charge on any atom is 0.263 e. The Morgan fingerprint density at radius 2 is 2.27 bits per heavy atom. The molecule has 0 aromatic carbocycles. The standard InChI is InChI=1S/C8H13N3O4/c9-6(12)5-15-10-7(13)4-11-3-1-2-8(11)14/h1-5H2,(H2,9,12)(H,10,13). The molecule has 0 radical (unpaired) electrons. The first-order valence-electron chi connectivity index (χ1n) is 4.56. The molecule has 0 spiro atoms. The molecule has 1 rings (SSSR count). The van der Waals surface area contributed by atoms with Crippen LogP contribution in [0.1, 0.15) is 12.8 Å². The molecule has 1 aliphatic rings. The lowest BCUT2D eigenvalue weighted by molar-refractivity contribution is -0.142. The van der Waals surface area contributed by atoms with Crippen molar-refractivity contribution in [3.05, 3.63) is 0 Å². The molecule has 0 aliphatic carbocycles. The normalized spacial score (nSPS) is 15.5. The fraction of sp³-hybridized carbons (Fsp3) is 0.625. The minimum Gasteiger partial charge on any atom is -0.368 e. The highest BCUT2D eigenvalue weighted by molar-refractivity contribution is 5.85. The average molecular weight is 215 g/mol. The van der Waals surface area contributed by atoms with Gasteiger partial charge in [-0.1, -0.05) is 0 Å². The first kappa shape index (κ1) is 11.4. The second-order valence-electron chi connectivity index (χ2n) is 3.20. The molecular weight excluding hydrogens is 202 g/mol. The fourth-order valence-corrected chi connectivity index (χ4v) is 1.26. The van der Waals surface area contributed by atoms with Crippen LogP contribution in [0, 0.1) is 0 Å². The van der Waals surface area contributed by atoms with Crippen molar-refractivity contribution < 1.29 is 19.2 Å². The topological polar surface area (TPSA) is 102 Å². The van der Waals surface area contributed by atoms with Crippen molar-refractivity contribution in [3.8, 4) is 0 Å². The van der Waals surface area contributed by atoms with Crippen LogP contribution in [0.5, 0.6) is 0 Å². The number of amides is 3. The van der Waals surface area contributed by atoms with Crippen molar-refractivity contribution in [1.82, 2.24) is 10.4 Å². The number of primary amides is 1. The largest absolute Gasteiger partial charge is 0.368 e. The molecule has 7 heteroatoms. The highest BCUT2D eigenvalue weighted by Gasteiger charge is 2.22. The second kappa shape index (κ2) is 5.30. The third-order valence-electron chi connectivity index (χ3n) is 1.91. The summed E-state index contributed by atoms with van der Waals surface area (Å²) < 4.78 is 0. The number of nitrogens with one attached hydrogen (secondary N) is 1. The summed E-state index contributed by atoms with van der Waals surface area (Å²) in [6.45, 7) is 0.166.